The third kappa shape index (κ3) is 14.2. The number of amides is 1. The van der Waals surface area contributed by atoms with E-state index in [-0.39, 0.29) is 18.1 Å². The molecule has 6 heteroatoms. The van der Waals surface area contributed by atoms with Crippen LogP contribution in [0.1, 0.15) is 120 Å². The number of carboxylic acid groups (broad SMARTS) is 1. The molecule has 6 nitrogen and oxygen atoms in total. The topological polar surface area (TPSA) is 84.2 Å². The second-order valence-corrected chi connectivity index (χ2v) is 8.36. The van der Waals surface area contributed by atoms with Crippen LogP contribution in [-0.4, -0.2) is 33.3 Å². The third-order valence-electron chi connectivity index (χ3n) is 5.52. The van der Waals surface area contributed by atoms with Crippen LogP contribution in [0, 0.1) is 0 Å². The lowest BCUT2D eigenvalue weighted by molar-refractivity contribution is -0.121. The van der Waals surface area contributed by atoms with Crippen LogP contribution >= 0.6 is 0 Å². The Bertz CT molecular complexity index is 572. The maximum atomic E-state index is 11.8. The molecule has 30 heavy (non-hydrogen) atoms. The Morgan fingerprint density at radius 3 is 1.73 bits per heavy atom. The SMILES string of the molecule is CCCCCCCCCCCCCCCCCCNC(=O)Cn1ccc(C(=O)O)n1. The molecular formula is C24H43N3O3. The molecule has 0 atom stereocenters. The molecule has 0 saturated carbocycles. The van der Waals surface area contributed by atoms with Gasteiger partial charge in [-0.2, -0.15) is 5.10 Å². The zero-order valence-electron chi connectivity index (χ0n) is 19.0. The van der Waals surface area contributed by atoms with E-state index in [1.165, 1.54) is 107 Å². The van der Waals surface area contributed by atoms with Crippen LogP contribution in [0.4, 0.5) is 0 Å². The summed E-state index contributed by atoms with van der Waals surface area (Å²) in [6.07, 6.45) is 22.9. The van der Waals surface area contributed by atoms with E-state index < -0.39 is 5.97 Å². The maximum Gasteiger partial charge on any atom is 0.356 e. The Hall–Kier alpha value is -1.85. The highest BCUT2D eigenvalue weighted by Gasteiger charge is 2.08. The van der Waals surface area contributed by atoms with Crippen molar-refractivity contribution < 1.29 is 14.7 Å². The van der Waals surface area contributed by atoms with Crippen molar-refractivity contribution in [3.63, 3.8) is 0 Å². The van der Waals surface area contributed by atoms with E-state index >= 15 is 0 Å². The number of nitrogens with zero attached hydrogens (tertiary/aromatic N) is 2. The van der Waals surface area contributed by atoms with Crippen molar-refractivity contribution in [2.24, 2.45) is 0 Å². The van der Waals surface area contributed by atoms with E-state index in [0.717, 1.165) is 12.8 Å². The van der Waals surface area contributed by atoms with E-state index in [0.29, 0.717) is 6.54 Å². The number of aromatic nitrogens is 2. The van der Waals surface area contributed by atoms with Gasteiger partial charge in [0.15, 0.2) is 5.69 Å². The molecule has 0 aliphatic carbocycles. The highest BCUT2D eigenvalue weighted by atomic mass is 16.4. The van der Waals surface area contributed by atoms with Gasteiger partial charge in [0.25, 0.3) is 0 Å². The molecule has 0 unspecified atom stereocenters. The molecule has 0 fully saturated rings. The fraction of sp³-hybridized carbons (Fsp3) is 0.792. The molecule has 0 bridgehead atoms. The fourth-order valence-electron chi connectivity index (χ4n) is 3.67. The van der Waals surface area contributed by atoms with E-state index in [1.807, 2.05) is 0 Å². The number of carboxylic acids is 1. The molecule has 1 aromatic heterocycles. The number of aromatic carboxylic acids is 1. The minimum absolute atomic E-state index is 0.0411. The normalized spacial score (nSPS) is 11.0. The smallest absolute Gasteiger partial charge is 0.356 e. The predicted octanol–water partition coefficient (Wildman–Crippen LogP) is 5.96. The molecule has 1 heterocycles. The second-order valence-electron chi connectivity index (χ2n) is 8.36. The van der Waals surface area contributed by atoms with Crippen LogP contribution in [0.3, 0.4) is 0 Å². The van der Waals surface area contributed by atoms with Crippen molar-refractivity contribution in [1.29, 1.82) is 0 Å². The molecule has 0 saturated heterocycles. The van der Waals surface area contributed by atoms with Crippen molar-refractivity contribution in [3.05, 3.63) is 18.0 Å². The zero-order valence-corrected chi connectivity index (χ0v) is 19.0. The molecule has 1 rings (SSSR count). The summed E-state index contributed by atoms with van der Waals surface area (Å²) < 4.78 is 1.35. The number of nitrogens with one attached hydrogen (secondary N) is 1. The predicted molar refractivity (Wildman–Crippen MR) is 122 cm³/mol. The minimum Gasteiger partial charge on any atom is -0.476 e. The molecular weight excluding hydrogens is 378 g/mol. The number of hydrogen-bond acceptors (Lipinski definition) is 3. The van der Waals surface area contributed by atoms with Crippen LogP contribution in [0.2, 0.25) is 0 Å². The fourth-order valence-corrected chi connectivity index (χ4v) is 3.67. The lowest BCUT2D eigenvalue weighted by Crippen LogP contribution is -2.28. The Kier molecular flexibility index (Phi) is 15.7. The van der Waals surface area contributed by atoms with Gasteiger partial charge in [0.1, 0.15) is 6.54 Å². The van der Waals surface area contributed by atoms with Crippen LogP contribution in [0.15, 0.2) is 12.3 Å². The third-order valence-corrected chi connectivity index (χ3v) is 5.52. The molecule has 0 radical (unpaired) electrons. The lowest BCUT2D eigenvalue weighted by Gasteiger charge is -2.06. The summed E-state index contributed by atoms with van der Waals surface area (Å²) in [6.45, 7) is 3.00. The van der Waals surface area contributed by atoms with E-state index in [9.17, 15) is 9.59 Å². The van der Waals surface area contributed by atoms with Gasteiger partial charge in [-0.05, 0) is 12.5 Å². The first-order chi connectivity index (χ1) is 14.6. The standard InChI is InChI=1S/C24H43N3O3/c1-2-3-4-5-6-7-8-9-10-11-12-13-14-15-16-17-19-25-23(28)21-27-20-18-22(26-27)24(29)30/h18,20H,2-17,19,21H2,1H3,(H,25,28)(H,29,30). The van der Waals surface area contributed by atoms with Crippen LogP contribution in [0.5, 0.6) is 0 Å². The van der Waals surface area contributed by atoms with Crippen LogP contribution in [0.25, 0.3) is 0 Å². The largest absolute Gasteiger partial charge is 0.476 e. The first kappa shape index (κ1) is 26.2. The number of unbranched alkanes of at least 4 members (excludes halogenated alkanes) is 15. The molecule has 2 N–H and O–H groups in total. The molecule has 1 aromatic rings. The minimum atomic E-state index is -1.08. The molecule has 0 aliphatic rings. The Balaban J connectivity index is 1.81. The summed E-state index contributed by atoms with van der Waals surface area (Å²) in [6, 6.07) is 1.39. The van der Waals surface area contributed by atoms with Gasteiger partial charge < -0.3 is 10.4 Å². The van der Waals surface area contributed by atoms with Gasteiger partial charge in [0.05, 0.1) is 0 Å². The molecule has 172 valence electrons. The number of rotatable bonds is 20. The quantitative estimate of drug-likeness (QED) is 0.254. The summed E-state index contributed by atoms with van der Waals surface area (Å²) in [5.41, 5.74) is -0.0411. The van der Waals surface area contributed by atoms with Crippen LogP contribution in [-0.2, 0) is 11.3 Å². The van der Waals surface area contributed by atoms with Crippen molar-refractivity contribution in [3.8, 4) is 0 Å². The van der Waals surface area contributed by atoms with Crippen molar-refractivity contribution in [2.75, 3.05) is 6.54 Å². The van der Waals surface area contributed by atoms with Gasteiger partial charge in [-0.3, -0.25) is 9.48 Å². The van der Waals surface area contributed by atoms with Crippen molar-refractivity contribution in [2.45, 2.75) is 116 Å². The first-order valence-electron chi connectivity index (χ1n) is 12.2. The lowest BCUT2D eigenvalue weighted by atomic mass is 10.0. The van der Waals surface area contributed by atoms with Gasteiger partial charge in [0.2, 0.25) is 5.91 Å². The van der Waals surface area contributed by atoms with E-state index in [2.05, 4.69) is 17.3 Å². The summed E-state index contributed by atoms with van der Waals surface area (Å²) in [4.78, 5) is 22.6. The van der Waals surface area contributed by atoms with E-state index in [4.69, 9.17) is 5.11 Å². The zero-order chi connectivity index (χ0) is 21.9. The molecule has 0 spiro atoms. The Labute approximate surface area is 182 Å². The number of hydrogen-bond donors (Lipinski definition) is 2. The maximum absolute atomic E-state index is 11.8. The first-order valence-corrected chi connectivity index (χ1v) is 12.2. The second kappa shape index (κ2) is 18.0. The van der Waals surface area contributed by atoms with E-state index in [1.54, 1.807) is 0 Å². The van der Waals surface area contributed by atoms with Gasteiger partial charge in [-0.15, -0.1) is 0 Å². The average molecular weight is 422 g/mol. The Morgan fingerprint density at radius 1 is 0.833 bits per heavy atom. The summed E-state index contributed by atoms with van der Waals surface area (Å²) in [5, 5.41) is 15.5. The van der Waals surface area contributed by atoms with Crippen molar-refractivity contribution >= 4 is 11.9 Å². The highest BCUT2D eigenvalue weighted by Crippen LogP contribution is 2.13. The van der Waals surface area contributed by atoms with Gasteiger partial charge >= 0.3 is 5.97 Å². The molecule has 0 aliphatic heterocycles. The summed E-state index contributed by atoms with van der Waals surface area (Å²) in [5.74, 6) is -1.21. The average Bonchev–Trinajstić information content (AvgIpc) is 3.19. The molecule has 0 aromatic carbocycles. The number of carbonyl (C=O) groups is 2. The Morgan fingerprint density at radius 2 is 1.30 bits per heavy atom. The summed E-state index contributed by atoms with van der Waals surface area (Å²) in [7, 11) is 0. The van der Waals surface area contributed by atoms with Crippen molar-refractivity contribution in [1.82, 2.24) is 15.1 Å². The monoisotopic (exact) mass is 421 g/mol. The van der Waals surface area contributed by atoms with Gasteiger partial charge in [0, 0.05) is 12.7 Å². The number of carbonyl (C=O) groups excluding carboxylic acids is 1. The molecule has 1 amide bonds. The highest BCUT2D eigenvalue weighted by molar-refractivity contribution is 5.85. The van der Waals surface area contributed by atoms with Crippen LogP contribution < -0.4 is 5.32 Å². The van der Waals surface area contributed by atoms with Gasteiger partial charge in [-0.1, -0.05) is 103 Å². The summed E-state index contributed by atoms with van der Waals surface area (Å²) >= 11 is 0. The van der Waals surface area contributed by atoms with Gasteiger partial charge in [-0.25, -0.2) is 4.79 Å².